The first-order valence-corrected chi connectivity index (χ1v) is 11.1. The van der Waals surface area contributed by atoms with E-state index in [0.717, 1.165) is 24.3 Å². The number of nitrogens with zero attached hydrogens (tertiary/aromatic N) is 3. The number of carbonyl (C=O) groups excluding carboxylic acids is 1. The van der Waals surface area contributed by atoms with E-state index in [1.54, 1.807) is 0 Å². The van der Waals surface area contributed by atoms with E-state index >= 15 is 0 Å². The molecule has 9 heteroatoms. The monoisotopic (exact) mass is 480 g/mol. The summed E-state index contributed by atoms with van der Waals surface area (Å²) >= 11 is 5.96. The summed E-state index contributed by atoms with van der Waals surface area (Å²) in [7, 11) is 0. The quantitative estimate of drug-likeness (QED) is 0.237. The number of nitrogens with one attached hydrogen (secondary N) is 1. The minimum absolute atomic E-state index is 0.0872. The van der Waals surface area contributed by atoms with Gasteiger partial charge in [0.15, 0.2) is 0 Å². The molecule has 0 atom stereocenters. The summed E-state index contributed by atoms with van der Waals surface area (Å²) in [6.07, 6.45) is 1.51. The van der Waals surface area contributed by atoms with Gasteiger partial charge in [-0.05, 0) is 55.8 Å². The molecule has 0 aliphatic heterocycles. The smallest absolute Gasteiger partial charge is 0.271 e. The fourth-order valence-corrected chi connectivity index (χ4v) is 3.37. The van der Waals surface area contributed by atoms with Crippen LogP contribution in [0.2, 0.25) is 5.02 Å². The molecule has 3 rings (SSSR count). The van der Waals surface area contributed by atoms with Gasteiger partial charge in [-0.25, -0.2) is 5.43 Å². The lowest BCUT2D eigenvalue weighted by atomic mass is 10.1. The number of benzene rings is 3. The maximum absolute atomic E-state index is 12.3. The van der Waals surface area contributed by atoms with E-state index < -0.39 is 10.8 Å². The lowest BCUT2D eigenvalue weighted by Crippen LogP contribution is -2.21. The molecule has 0 aromatic heterocycles. The molecular formula is C25H25ClN4O4. The van der Waals surface area contributed by atoms with Crippen molar-refractivity contribution in [2.24, 2.45) is 5.10 Å². The first kappa shape index (κ1) is 24.7. The highest BCUT2D eigenvalue weighted by atomic mass is 35.5. The molecule has 0 fully saturated rings. The first-order chi connectivity index (χ1) is 16.4. The molecule has 0 spiro atoms. The Kier molecular flexibility index (Phi) is 8.59. The number of nitro benzene ring substituents is 1. The van der Waals surface area contributed by atoms with Crippen LogP contribution in [0.25, 0.3) is 0 Å². The lowest BCUT2D eigenvalue weighted by molar-refractivity contribution is -0.384. The topological polar surface area (TPSA) is 97.1 Å². The molecule has 1 N–H and O–H groups in total. The summed E-state index contributed by atoms with van der Waals surface area (Å²) in [5, 5.41) is 15.5. The number of amides is 1. The Morgan fingerprint density at radius 1 is 1.09 bits per heavy atom. The number of rotatable bonds is 10. The normalized spacial score (nSPS) is 10.8. The van der Waals surface area contributed by atoms with Gasteiger partial charge in [0, 0.05) is 53.1 Å². The van der Waals surface area contributed by atoms with Gasteiger partial charge in [-0.2, -0.15) is 5.10 Å². The number of hydrogen-bond donors (Lipinski definition) is 1. The zero-order chi connectivity index (χ0) is 24.5. The van der Waals surface area contributed by atoms with Crippen molar-refractivity contribution in [1.82, 2.24) is 5.43 Å². The third-order valence-corrected chi connectivity index (χ3v) is 5.40. The minimum Gasteiger partial charge on any atom is -0.488 e. The van der Waals surface area contributed by atoms with Crippen LogP contribution in [0.1, 0.15) is 35.3 Å². The van der Waals surface area contributed by atoms with E-state index in [-0.39, 0.29) is 11.3 Å². The van der Waals surface area contributed by atoms with Crippen molar-refractivity contribution in [3.8, 4) is 5.75 Å². The van der Waals surface area contributed by atoms with Crippen LogP contribution >= 0.6 is 11.6 Å². The van der Waals surface area contributed by atoms with Crippen LogP contribution in [0.3, 0.4) is 0 Å². The standard InChI is InChI=1S/C25H25ClN4O4/c1-3-29(4-2)23-14-9-20(24(15-23)34-17-18-5-10-21(26)11-6-18)16-27-28-25(31)19-7-12-22(13-8-19)30(32)33/h5-16H,3-4,17H2,1-2H3,(H,28,31)/b27-16+. The molecule has 0 aliphatic rings. The predicted octanol–water partition coefficient (Wildman–Crippen LogP) is 5.44. The molecule has 0 bridgehead atoms. The Bertz CT molecular complexity index is 1160. The van der Waals surface area contributed by atoms with Gasteiger partial charge in [0.25, 0.3) is 11.6 Å². The van der Waals surface area contributed by atoms with Crippen LogP contribution in [0.5, 0.6) is 5.75 Å². The van der Waals surface area contributed by atoms with Crippen LogP contribution in [-0.2, 0) is 6.61 Å². The molecule has 3 aromatic rings. The second kappa shape index (κ2) is 11.8. The van der Waals surface area contributed by atoms with Gasteiger partial charge in [-0.15, -0.1) is 0 Å². The van der Waals surface area contributed by atoms with E-state index in [0.29, 0.717) is 22.9 Å². The van der Waals surface area contributed by atoms with Gasteiger partial charge < -0.3 is 9.64 Å². The molecule has 1 amide bonds. The molecule has 3 aromatic carbocycles. The number of hydrogen-bond acceptors (Lipinski definition) is 6. The third kappa shape index (κ3) is 6.55. The van der Waals surface area contributed by atoms with Crippen molar-refractivity contribution in [1.29, 1.82) is 0 Å². The summed E-state index contributed by atoms with van der Waals surface area (Å²) in [6, 6.07) is 18.5. The second-order valence-corrected chi connectivity index (χ2v) is 7.75. The van der Waals surface area contributed by atoms with E-state index in [9.17, 15) is 14.9 Å². The highest BCUT2D eigenvalue weighted by Crippen LogP contribution is 2.26. The SMILES string of the molecule is CCN(CC)c1ccc(/C=N/NC(=O)c2ccc([N+](=O)[O-])cc2)c(OCc2ccc(Cl)cc2)c1. The molecule has 176 valence electrons. The predicted molar refractivity (Wildman–Crippen MR) is 134 cm³/mol. The van der Waals surface area contributed by atoms with Crippen LogP contribution in [0.4, 0.5) is 11.4 Å². The van der Waals surface area contributed by atoms with Crippen molar-refractivity contribution in [3.63, 3.8) is 0 Å². The van der Waals surface area contributed by atoms with E-state index in [1.165, 1.54) is 30.5 Å². The van der Waals surface area contributed by atoms with Gasteiger partial charge in [0.2, 0.25) is 0 Å². The Balaban J connectivity index is 1.76. The summed E-state index contributed by atoms with van der Waals surface area (Å²) < 4.78 is 6.08. The Morgan fingerprint density at radius 3 is 2.38 bits per heavy atom. The maximum atomic E-state index is 12.3. The summed E-state index contributed by atoms with van der Waals surface area (Å²) in [6.45, 7) is 6.22. The number of halogens is 1. The van der Waals surface area contributed by atoms with Gasteiger partial charge >= 0.3 is 0 Å². The number of non-ortho nitro benzene ring substituents is 1. The second-order valence-electron chi connectivity index (χ2n) is 7.31. The van der Waals surface area contributed by atoms with Crippen molar-refractivity contribution < 1.29 is 14.5 Å². The molecule has 8 nitrogen and oxygen atoms in total. The zero-order valence-electron chi connectivity index (χ0n) is 18.9. The van der Waals surface area contributed by atoms with Crippen LogP contribution in [0.15, 0.2) is 71.8 Å². The van der Waals surface area contributed by atoms with Gasteiger partial charge in [0.05, 0.1) is 11.1 Å². The zero-order valence-corrected chi connectivity index (χ0v) is 19.7. The Morgan fingerprint density at radius 2 is 1.76 bits per heavy atom. The molecule has 0 radical (unpaired) electrons. The van der Waals surface area contributed by atoms with Crippen LogP contribution in [0, 0.1) is 10.1 Å². The molecule has 0 aliphatic carbocycles. The van der Waals surface area contributed by atoms with Crippen molar-refractivity contribution in [2.45, 2.75) is 20.5 Å². The highest BCUT2D eigenvalue weighted by molar-refractivity contribution is 6.30. The number of ether oxygens (including phenoxy) is 1. The number of hydrazone groups is 1. The molecule has 0 heterocycles. The van der Waals surface area contributed by atoms with Gasteiger partial charge in [-0.3, -0.25) is 14.9 Å². The van der Waals surface area contributed by atoms with Crippen molar-refractivity contribution in [2.75, 3.05) is 18.0 Å². The fraction of sp³-hybridized carbons (Fsp3) is 0.200. The molecule has 34 heavy (non-hydrogen) atoms. The molecular weight excluding hydrogens is 456 g/mol. The third-order valence-electron chi connectivity index (χ3n) is 5.14. The average Bonchev–Trinajstić information content (AvgIpc) is 2.85. The lowest BCUT2D eigenvalue weighted by Gasteiger charge is -2.22. The van der Waals surface area contributed by atoms with Crippen LogP contribution in [-0.4, -0.2) is 30.1 Å². The van der Waals surface area contributed by atoms with E-state index in [1.807, 2.05) is 42.5 Å². The number of nitro groups is 1. The number of carbonyl (C=O) groups is 1. The van der Waals surface area contributed by atoms with Crippen LogP contribution < -0.4 is 15.1 Å². The molecule has 0 saturated heterocycles. The summed E-state index contributed by atoms with van der Waals surface area (Å²) in [4.78, 5) is 24.8. The van der Waals surface area contributed by atoms with Crippen molar-refractivity contribution in [3.05, 3.63) is 98.6 Å². The molecule has 0 saturated carbocycles. The van der Waals surface area contributed by atoms with Gasteiger partial charge in [0.1, 0.15) is 12.4 Å². The summed E-state index contributed by atoms with van der Waals surface area (Å²) in [5.74, 6) is 0.141. The largest absolute Gasteiger partial charge is 0.488 e. The Hall–Kier alpha value is -3.91. The van der Waals surface area contributed by atoms with Gasteiger partial charge in [-0.1, -0.05) is 23.7 Å². The maximum Gasteiger partial charge on any atom is 0.271 e. The average molecular weight is 481 g/mol. The van der Waals surface area contributed by atoms with E-state index in [4.69, 9.17) is 16.3 Å². The summed E-state index contributed by atoms with van der Waals surface area (Å²) in [5.41, 5.74) is 5.29. The fourth-order valence-electron chi connectivity index (χ4n) is 3.24. The Labute approximate surface area is 203 Å². The first-order valence-electron chi connectivity index (χ1n) is 10.7. The molecule has 0 unspecified atom stereocenters. The minimum atomic E-state index is -0.521. The number of anilines is 1. The van der Waals surface area contributed by atoms with Crippen molar-refractivity contribution >= 4 is 35.1 Å². The van der Waals surface area contributed by atoms with E-state index in [2.05, 4.69) is 29.3 Å². The highest BCUT2D eigenvalue weighted by Gasteiger charge is 2.10.